The second-order valence-electron chi connectivity index (χ2n) is 6.62. The smallest absolute Gasteiger partial charge is 0.0595 e. The fraction of sp³-hybridized carbons (Fsp3) is 0.450. The summed E-state index contributed by atoms with van der Waals surface area (Å²) in [5.74, 6) is 0. The molecule has 0 atom stereocenters. The highest BCUT2D eigenvalue weighted by molar-refractivity contribution is 6.42. The van der Waals surface area contributed by atoms with Crippen molar-refractivity contribution in [2.75, 3.05) is 39.4 Å². The van der Waals surface area contributed by atoms with E-state index in [1.54, 1.807) is 0 Å². The van der Waals surface area contributed by atoms with Crippen molar-refractivity contribution in [3.05, 3.63) is 63.9 Å². The van der Waals surface area contributed by atoms with E-state index in [9.17, 15) is 0 Å². The maximum atomic E-state index is 6.19. The third-order valence-electron chi connectivity index (χ3n) is 4.60. The van der Waals surface area contributed by atoms with Crippen LogP contribution < -0.4 is 0 Å². The molecule has 0 aliphatic carbocycles. The summed E-state index contributed by atoms with van der Waals surface area (Å²) in [6, 6.07) is 10.0. The minimum Gasteiger partial charge on any atom is -0.379 e. The van der Waals surface area contributed by atoms with Crippen LogP contribution in [-0.4, -0.2) is 54.2 Å². The third kappa shape index (κ3) is 6.22. The first-order valence-electron chi connectivity index (χ1n) is 9.06. The zero-order valence-corrected chi connectivity index (χ0v) is 16.4. The molecular weight excluding hydrogens is 369 g/mol. The zero-order valence-electron chi connectivity index (χ0n) is 14.9. The first-order valence-corrected chi connectivity index (χ1v) is 9.81. The maximum absolute atomic E-state index is 6.19. The van der Waals surface area contributed by atoms with Gasteiger partial charge in [-0.3, -0.25) is 14.8 Å². The summed E-state index contributed by atoms with van der Waals surface area (Å²) in [6.45, 7) is 7.66. The lowest BCUT2D eigenvalue weighted by Crippen LogP contribution is -2.38. The molecule has 0 bridgehead atoms. The molecule has 26 heavy (non-hydrogen) atoms. The lowest BCUT2D eigenvalue weighted by molar-refractivity contribution is 0.0359. The molecule has 0 N–H and O–H groups in total. The third-order valence-corrected chi connectivity index (χ3v) is 5.34. The van der Waals surface area contributed by atoms with Crippen molar-refractivity contribution in [3.8, 4) is 0 Å². The quantitative estimate of drug-likeness (QED) is 0.674. The molecule has 0 unspecified atom stereocenters. The van der Waals surface area contributed by atoms with Crippen LogP contribution in [0.1, 0.15) is 17.5 Å². The Balaban J connectivity index is 1.59. The second-order valence-corrected chi connectivity index (χ2v) is 7.44. The Kier molecular flexibility index (Phi) is 7.71. The molecule has 3 rings (SSSR count). The molecule has 2 heterocycles. The summed E-state index contributed by atoms with van der Waals surface area (Å²) in [6.07, 6.45) is 4.83. The summed E-state index contributed by atoms with van der Waals surface area (Å²) in [5, 5.41) is 1.21. The van der Waals surface area contributed by atoms with Crippen LogP contribution in [-0.2, 0) is 17.8 Å². The van der Waals surface area contributed by atoms with Crippen molar-refractivity contribution in [2.24, 2.45) is 0 Å². The number of rotatable bonds is 8. The zero-order chi connectivity index (χ0) is 18.2. The van der Waals surface area contributed by atoms with Crippen LogP contribution in [0.2, 0.25) is 10.0 Å². The number of morpholine rings is 1. The Morgan fingerprint density at radius 1 is 0.962 bits per heavy atom. The van der Waals surface area contributed by atoms with Crippen LogP contribution >= 0.6 is 23.2 Å². The van der Waals surface area contributed by atoms with E-state index in [1.807, 2.05) is 24.5 Å². The molecule has 1 saturated heterocycles. The fourth-order valence-electron chi connectivity index (χ4n) is 3.20. The molecule has 1 aliphatic rings. The van der Waals surface area contributed by atoms with Crippen LogP contribution in [0.5, 0.6) is 0 Å². The van der Waals surface area contributed by atoms with Crippen LogP contribution in [0.4, 0.5) is 0 Å². The van der Waals surface area contributed by atoms with Crippen LogP contribution in [0.3, 0.4) is 0 Å². The molecule has 4 nitrogen and oxygen atoms in total. The topological polar surface area (TPSA) is 28.6 Å². The van der Waals surface area contributed by atoms with E-state index in [1.165, 1.54) is 11.1 Å². The minimum absolute atomic E-state index is 0.600. The molecule has 0 saturated carbocycles. The summed E-state index contributed by atoms with van der Waals surface area (Å²) < 4.78 is 5.42. The van der Waals surface area contributed by atoms with Crippen molar-refractivity contribution < 1.29 is 4.74 Å². The molecule has 0 spiro atoms. The van der Waals surface area contributed by atoms with Crippen molar-refractivity contribution in [3.63, 3.8) is 0 Å². The SMILES string of the molecule is Clc1ccc(CN(CCCN2CCOCC2)Cc2ccncc2)cc1Cl. The van der Waals surface area contributed by atoms with Gasteiger partial charge in [0.2, 0.25) is 0 Å². The van der Waals surface area contributed by atoms with Gasteiger partial charge in [-0.05, 0) is 48.4 Å². The van der Waals surface area contributed by atoms with Gasteiger partial charge in [0.25, 0.3) is 0 Å². The van der Waals surface area contributed by atoms with Gasteiger partial charge in [-0.25, -0.2) is 0 Å². The number of hydrogen-bond acceptors (Lipinski definition) is 4. The van der Waals surface area contributed by atoms with Gasteiger partial charge in [0.1, 0.15) is 0 Å². The Morgan fingerprint density at radius 3 is 2.42 bits per heavy atom. The summed E-state index contributed by atoms with van der Waals surface area (Å²) in [4.78, 5) is 9.05. The largest absolute Gasteiger partial charge is 0.379 e. The van der Waals surface area contributed by atoms with Gasteiger partial charge in [0, 0.05) is 45.1 Å². The average molecular weight is 394 g/mol. The molecule has 0 amide bonds. The predicted molar refractivity (Wildman–Crippen MR) is 107 cm³/mol. The molecule has 1 fully saturated rings. The number of benzene rings is 1. The number of aromatic nitrogens is 1. The molecule has 6 heteroatoms. The molecular formula is C20H25Cl2N3O. The van der Waals surface area contributed by atoms with Crippen molar-refractivity contribution in [2.45, 2.75) is 19.5 Å². The predicted octanol–water partition coefficient (Wildman–Crippen LogP) is 4.11. The average Bonchev–Trinajstić information content (AvgIpc) is 2.66. The van der Waals surface area contributed by atoms with Crippen molar-refractivity contribution in [1.29, 1.82) is 0 Å². The van der Waals surface area contributed by atoms with Gasteiger partial charge < -0.3 is 4.74 Å². The molecule has 140 valence electrons. The van der Waals surface area contributed by atoms with Gasteiger partial charge >= 0.3 is 0 Å². The van der Waals surface area contributed by atoms with Crippen LogP contribution in [0, 0.1) is 0 Å². The number of hydrogen-bond donors (Lipinski definition) is 0. The molecule has 1 aliphatic heterocycles. The van der Waals surface area contributed by atoms with E-state index in [-0.39, 0.29) is 0 Å². The summed E-state index contributed by atoms with van der Waals surface area (Å²) >= 11 is 12.2. The fourth-order valence-corrected chi connectivity index (χ4v) is 3.52. The standard InChI is InChI=1S/C20H25Cl2N3O/c21-19-3-2-18(14-20(19)22)16-25(15-17-4-6-23-7-5-17)9-1-8-24-10-12-26-13-11-24/h2-7,14H,1,8-13,15-16H2. The van der Waals surface area contributed by atoms with E-state index < -0.39 is 0 Å². The highest BCUT2D eigenvalue weighted by Crippen LogP contribution is 2.23. The van der Waals surface area contributed by atoms with Crippen LogP contribution in [0.15, 0.2) is 42.7 Å². The minimum atomic E-state index is 0.600. The van der Waals surface area contributed by atoms with Crippen molar-refractivity contribution in [1.82, 2.24) is 14.8 Å². The molecule has 2 aromatic rings. The normalized spacial score (nSPS) is 15.5. The van der Waals surface area contributed by atoms with Gasteiger partial charge in [-0.15, -0.1) is 0 Å². The Labute approximate surface area is 165 Å². The number of ether oxygens (including phenoxy) is 1. The first-order chi connectivity index (χ1) is 12.7. The number of nitrogens with zero attached hydrogens (tertiary/aromatic N) is 3. The lowest BCUT2D eigenvalue weighted by atomic mass is 10.1. The van der Waals surface area contributed by atoms with Gasteiger partial charge in [-0.2, -0.15) is 0 Å². The summed E-state index contributed by atoms with van der Waals surface area (Å²) in [7, 11) is 0. The maximum Gasteiger partial charge on any atom is 0.0595 e. The second kappa shape index (κ2) is 10.2. The Bertz CT molecular complexity index is 678. The van der Waals surface area contributed by atoms with E-state index in [2.05, 4.69) is 33.0 Å². The van der Waals surface area contributed by atoms with E-state index in [4.69, 9.17) is 27.9 Å². The summed E-state index contributed by atoms with van der Waals surface area (Å²) in [5.41, 5.74) is 2.45. The van der Waals surface area contributed by atoms with Gasteiger partial charge in [-0.1, -0.05) is 29.3 Å². The molecule has 1 aromatic heterocycles. The van der Waals surface area contributed by atoms with Gasteiger partial charge in [0.15, 0.2) is 0 Å². The monoisotopic (exact) mass is 393 g/mol. The van der Waals surface area contributed by atoms with E-state index >= 15 is 0 Å². The Hall–Kier alpha value is -1.17. The highest BCUT2D eigenvalue weighted by atomic mass is 35.5. The molecule has 0 radical (unpaired) electrons. The van der Waals surface area contributed by atoms with Crippen molar-refractivity contribution >= 4 is 23.2 Å². The van der Waals surface area contributed by atoms with E-state index in [0.717, 1.165) is 58.9 Å². The molecule has 1 aromatic carbocycles. The highest BCUT2D eigenvalue weighted by Gasteiger charge is 2.12. The Morgan fingerprint density at radius 2 is 1.69 bits per heavy atom. The first kappa shape index (κ1) is 19.6. The lowest BCUT2D eigenvalue weighted by Gasteiger charge is -2.28. The number of pyridine rings is 1. The van der Waals surface area contributed by atoms with Gasteiger partial charge in [0.05, 0.1) is 23.3 Å². The number of halogens is 2. The van der Waals surface area contributed by atoms with E-state index in [0.29, 0.717) is 10.0 Å². The van der Waals surface area contributed by atoms with Crippen LogP contribution in [0.25, 0.3) is 0 Å².